The monoisotopic (exact) mass is 451 g/mol. The van der Waals surface area contributed by atoms with Crippen molar-refractivity contribution in [3.05, 3.63) is 95.7 Å². The van der Waals surface area contributed by atoms with Gasteiger partial charge in [0.05, 0.1) is 11.9 Å². The predicted molar refractivity (Wildman–Crippen MR) is 137 cm³/mol. The first-order valence-electron chi connectivity index (χ1n) is 11.6. The number of carbonyl (C=O) groups is 2. The summed E-state index contributed by atoms with van der Waals surface area (Å²) >= 11 is 0. The molecule has 4 rings (SSSR count). The fourth-order valence-electron chi connectivity index (χ4n) is 4.11. The van der Waals surface area contributed by atoms with Gasteiger partial charge in [-0.15, -0.1) is 0 Å². The van der Waals surface area contributed by atoms with E-state index in [4.69, 9.17) is 4.98 Å². The van der Waals surface area contributed by atoms with Crippen molar-refractivity contribution in [2.45, 2.75) is 39.7 Å². The second-order valence-electron chi connectivity index (χ2n) is 8.38. The van der Waals surface area contributed by atoms with Crippen LogP contribution in [-0.2, 0) is 22.6 Å². The summed E-state index contributed by atoms with van der Waals surface area (Å²) in [4.78, 5) is 29.5. The number of pyridine rings is 1. The van der Waals surface area contributed by atoms with Gasteiger partial charge in [-0.2, -0.15) is 0 Å². The zero-order valence-corrected chi connectivity index (χ0v) is 19.6. The van der Waals surface area contributed by atoms with Crippen molar-refractivity contribution in [1.29, 1.82) is 0 Å². The Labute approximate surface area is 200 Å². The number of nitrogens with one attached hydrogen (secondary N) is 2. The molecule has 0 atom stereocenters. The first-order chi connectivity index (χ1) is 16.5. The molecule has 5 heteroatoms. The molecule has 0 aliphatic heterocycles. The van der Waals surface area contributed by atoms with Crippen LogP contribution in [0.3, 0.4) is 0 Å². The van der Waals surface area contributed by atoms with Gasteiger partial charge in [0.1, 0.15) is 0 Å². The first-order valence-corrected chi connectivity index (χ1v) is 11.6. The minimum Gasteiger partial charge on any atom is -0.352 e. The number of carbonyl (C=O) groups excluding carboxylic acids is 2. The number of benzene rings is 3. The van der Waals surface area contributed by atoms with Crippen LogP contribution in [0.15, 0.2) is 78.9 Å². The zero-order valence-electron chi connectivity index (χ0n) is 19.6. The minimum atomic E-state index is -0.0577. The fourth-order valence-corrected chi connectivity index (χ4v) is 4.11. The van der Waals surface area contributed by atoms with E-state index in [0.717, 1.165) is 51.0 Å². The molecule has 0 unspecified atom stereocenters. The molecule has 4 aromatic rings. The topological polar surface area (TPSA) is 71.1 Å². The number of fused-ring (bicyclic) bond motifs is 1. The molecule has 0 saturated carbocycles. The third kappa shape index (κ3) is 5.49. The van der Waals surface area contributed by atoms with Crippen molar-refractivity contribution in [3.63, 3.8) is 0 Å². The number of rotatable bonds is 8. The van der Waals surface area contributed by atoms with E-state index in [1.54, 1.807) is 0 Å². The molecule has 3 aromatic carbocycles. The molecule has 34 heavy (non-hydrogen) atoms. The van der Waals surface area contributed by atoms with E-state index in [2.05, 4.69) is 28.8 Å². The van der Waals surface area contributed by atoms with Crippen molar-refractivity contribution in [2.75, 3.05) is 5.32 Å². The summed E-state index contributed by atoms with van der Waals surface area (Å²) in [7, 11) is 0. The smallest absolute Gasteiger partial charge is 0.224 e. The molecule has 0 saturated heterocycles. The number of para-hydroxylation sites is 1. The maximum absolute atomic E-state index is 12.9. The van der Waals surface area contributed by atoms with Crippen LogP contribution in [0.2, 0.25) is 0 Å². The van der Waals surface area contributed by atoms with Gasteiger partial charge < -0.3 is 10.6 Å². The van der Waals surface area contributed by atoms with Gasteiger partial charge in [0, 0.05) is 29.7 Å². The molecule has 5 nitrogen and oxygen atoms in total. The average molecular weight is 452 g/mol. The number of aryl methyl sites for hydroxylation is 1. The Morgan fingerprint density at radius 2 is 1.56 bits per heavy atom. The largest absolute Gasteiger partial charge is 0.352 e. The van der Waals surface area contributed by atoms with Gasteiger partial charge in [0.15, 0.2) is 0 Å². The lowest BCUT2D eigenvalue weighted by atomic mass is 9.92. The maximum Gasteiger partial charge on any atom is 0.224 e. The van der Waals surface area contributed by atoms with Crippen LogP contribution < -0.4 is 10.6 Å². The highest BCUT2D eigenvalue weighted by Crippen LogP contribution is 2.33. The predicted octanol–water partition coefficient (Wildman–Crippen LogP) is 5.81. The van der Waals surface area contributed by atoms with E-state index in [1.165, 1.54) is 0 Å². The van der Waals surface area contributed by atoms with Gasteiger partial charge in [0.2, 0.25) is 11.8 Å². The van der Waals surface area contributed by atoms with Crippen LogP contribution >= 0.6 is 0 Å². The molecule has 2 N–H and O–H groups in total. The fraction of sp³-hybridized carbons (Fsp3) is 0.207. The summed E-state index contributed by atoms with van der Waals surface area (Å²) in [6, 6.07) is 25.8. The number of anilines is 1. The van der Waals surface area contributed by atoms with Crippen molar-refractivity contribution in [1.82, 2.24) is 10.3 Å². The van der Waals surface area contributed by atoms with E-state index in [9.17, 15) is 9.59 Å². The van der Waals surface area contributed by atoms with Gasteiger partial charge in [-0.3, -0.25) is 14.6 Å². The van der Waals surface area contributed by atoms with Crippen molar-refractivity contribution < 1.29 is 9.59 Å². The van der Waals surface area contributed by atoms with Crippen LogP contribution in [0.5, 0.6) is 0 Å². The number of amides is 2. The lowest BCUT2D eigenvalue weighted by molar-refractivity contribution is -0.120. The number of nitrogens with zero attached hydrogens (tertiary/aromatic N) is 1. The normalized spacial score (nSPS) is 10.8. The first kappa shape index (κ1) is 23.2. The van der Waals surface area contributed by atoms with Crippen molar-refractivity contribution in [3.8, 4) is 11.1 Å². The Bertz CT molecular complexity index is 1300. The summed E-state index contributed by atoms with van der Waals surface area (Å²) in [5.74, 6) is -0.0465. The SMILES string of the molecule is CCCC(=O)Nc1ccc(CNC(=O)Cc2c(C)nc3ccccc3c2-c2ccccc2)cc1. The molecule has 0 aliphatic carbocycles. The molecule has 172 valence electrons. The number of hydrogen-bond acceptors (Lipinski definition) is 3. The highest BCUT2D eigenvalue weighted by molar-refractivity contribution is 5.98. The number of aromatic nitrogens is 1. The van der Waals surface area contributed by atoms with Crippen LogP contribution in [-0.4, -0.2) is 16.8 Å². The third-order valence-corrected chi connectivity index (χ3v) is 5.80. The summed E-state index contributed by atoms with van der Waals surface area (Å²) in [5, 5.41) is 6.95. The molecular formula is C29H29N3O2. The van der Waals surface area contributed by atoms with Crippen LogP contribution in [0, 0.1) is 6.92 Å². The lowest BCUT2D eigenvalue weighted by Crippen LogP contribution is -2.25. The van der Waals surface area contributed by atoms with Gasteiger partial charge >= 0.3 is 0 Å². The summed E-state index contributed by atoms with van der Waals surface area (Å²) in [6.45, 7) is 4.36. The minimum absolute atomic E-state index is 0.0112. The molecule has 1 heterocycles. The van der Waals surface area contributed by atoms with E-state index in [1.807, 2.05) is 74.5 Å². The maximum atomic E-state index is 12.9. The van der Waals surface area contributed by atoms with Gasteiger partial charge in [-0.05, 0) is 53.8 Å². The molecule has 0 bridgehead atoms. The van der Waals surface area contributed by atoms with Crippen molar-refractivity contribution in [2.24, 2.45) is 0 Å². The molecule has 1 aromatic heterocycles. The molecule has 0 spiro atoms. The van der Waals surface area contributed by atoms with Gasteiger partial charge in [-0.25, -0.2) is 0 Å². The van der Waals surface area contributed by atoms with Gasteiger partial charge in [0.25, 0.3) is 0 Å². The van der Waals surface area contributed by atoms with Crippen LogP contribution in [0.25, 0.3) is 22.0 Å². The zero-order chi connectivity index (χ0) is 23.9. The highest BCUT2D eigenvalue weighted by Gasteiger charge is 2.17. The van der Waals surface area contributed by atoms with E-state index in [0.29, 0.717) is 13.0 Å². The summed E-state index contributed by atoms with van der Waals surface area (Å²) < 4.78 is 0. The summed E-state index contributed by atoms with van der Waals surface area (Å²) in [6.07, 6.45) is 1.57. The Kier molecular flexibility index (Phi) is 7.33. The molecule has 0 radical (unpaired) electrons. The van der Waals surface area contributed by atoms with Crippen LogP contribution in [0.1, 0.15) is 36.6 Å². The quantitative estimate of drug-likeness (QED) is 0.355. The van der Waals surface area contributed by atoms with E-state index < -0.39 is 0 Å². The van der Waals surface area contributed by atoms with E-state index >= 15 is 0 Å². The lowest BCUT2D eigenvalue weighted by Gasteiger charge is -2.16. The second-order valence-corrected chi connectivity index (χ2v) is 8.38. The Morgan fingerprint density at radius 1 is 0.853 bits per heavy atom. The van der Waals surface area contributed by atoms with E-state index in [-0.39, 0.29) is 18.2 Å². The number of hydrogen-bond donors (Lipinski definition) is 2. The molecule has 0 fully saturated rings. The third-order valence-electron chi connectivity index (χ3n) is 5.80. The van der Waals surface area contributed by atoms with Gasteiger partial charge in [-0.1, -0.05) is 67.6 Å². The van der Waals surface area contributed by atoms with Crippen LogP contribution in [0.4, 0.5) is 5.69 Å². The summed E-state index contributed by atoms with van der Waals surface area (Å²) in [5.41, 5.74) is 6.60. The second kappa shape index (κ2) is 10.8. The molecule has 2 amide bonds. The molecular weight excluding hydrogens is 422 g/mol. The average Bonchev–Trinajstić information content (AvgIpc) is 2.85. The van der Waals surface area contributed by atoms with Crippen molar-refractivity contribution >= 4 is 28.4 Å². The Hall–Kier alpha value is -3.99. The standard InChI is InChI=1S/C29H29N3O2/c1-3-9-27(33)32-23-16-14-21(15-17-23)19-30-28(34)18-25-20(2)31-26-13-8-7-12-24(26)29(25)22-10-5-4-6-11-22/h4-8,10-17H,3,9,18-19H2,1-2H3,(H,30,34)(H,32,33). The Morgan fingerprint density at radius 3 is 2.29 bits per heavy atom. The Balaban J connectivity index is 1.50. The molecule has 0 aliphatic rings. The highest BCUT2D eigenvalue weighted by atomic mass is 16.2.